The van der Waals surface area contributed by atoms with Crippen molar-refractivity contribution in [3.63, 3.8) is 0 Å². The number of β-amino-alcohol motifs (C(OH)–C–C–N with tert-alkyl or cyclic N) is 1. The van der Waals surface area contributed by atoms with Gasteiger partial charge in [-0.05, 0) is 78.9 Å². The summed E-state index contributed by atoms with van der Waals surface area (Å²) in [6, 6.07) is 23.3. The molecule has 1 amide bonds. The minimum Gasteiger partial charge on any atom is -0.508 e. The maximum Gasteiger partial charge on any atom is 0.225 e. The van der Waals surface area contributed by atoms with Gasteiger partial charge >= 0.3 is 0 Å². The van der Waals surface area contributed by atoms with Gasteiger partial charge in [-0.2, -0.15) is 0 Å². The third kappa shape index (κ3) is 5.66. The molecule has 6 heteroatoms. The van der Waals surface area contributed by atoms with Gasteiger partial charge in [0, 0.05) is 24.6 Å². The molecule has 2 unspecified atom stereocenters. The Morgan fingerprint density at radius 3 is 2.46 bits per heavy atom. The molecule has 3 aromatic rings. The Hall–Kier alpha value is -3.35. The molecule has 0 saturated carbocycles. The summed E-state index contributed by atoms with van der Waals surface area (Å²) in [6.45, 7) is 2.66. The van der Waals surface area contributed by atoms with Gasteiger partial charge in [0.1, 0.15) is 24.2 Å². The fraction of sp³-hybridized carbons (Fsp3) is 0.345. The van der Waals surface area contributed by atoms with E-state index in [0.29, 0.717) is 30.4 Å². The zero-order valence-electron chi connectivity index (χ0n) is 19.8. The quantitative estimate of drug-likeness (QED) is 0.472. The molecule has 0 radical (unpaired) electrons. The van der Waals surface area contributed by atoms with Crippen LogP contribution in [0.4, 0.5) is 5.69 Å². The highest BCUT2D eigenvalue weighted by Crippen LogP contribution is 2.39. The Morgan fingerprint density at radius 1 is 0.971 bits per heavy atom. The second kappa shape index (κ2) is 10.5. The molecule has 2 aliphatic rings. The van der Waals surface area contributed by atoms with E-state index in [1.807, 2.05) is 48.5 Å². The molecule has 0 aromatic heterocycles. The number of piperidine rings is 1. The smallest absolute Gasteiger partial charge is 0.225 e. The Bertz CT molecular complexity index is 1140. The molecule has 0 aliphatic carbocycles. The van der Waals surface area contributed by atoms with Crippen LogP contribution in [0.25, 0.3) is 0 Å². The third-order valence-corrected chi connectivity index (χ3v) is 7.13. The lowest BCUT2D eigenvalue weighted by atomic mass is 9.85. The van der Waals surface area contributed by atoms with Crippen molar-refractivity contribution in [2.24, 2.45) is 0 Å². The van der Waals surface area contributed by atoms with E-state index in [0.717, 1.165) is 42.7 Å². The molecule has 0 spiro atoms. The number of fused-ring (bicyclic) bond motifs is 1. The first-order valence-electron chi connectivity index (χ1n) is 12.4. The monoisotopic (exact) mass is 472 g/mol. The molecule has 1 fully saturated rings. The summed E-state index contributed by atoms with van der Waals surface area (Å²) in [5.41, 5.74) is 4.24. The molecule has 2 atom stereocenters. The van der Waals surface area contributed by atoms with Crippen LogP contribution in [-0.4, -0.2) is 53.4 Å². The number of phenols is 1. The lowest BCUT2D eigenvalue weighted by Crippen LogP contribution is -2.40. The Labute approximate surface area is 206 Å². The van der Waals surface area contributed by atoms with Crippen LogP contribution in [-0.2, 0) is 4.79 Å². The molecule has 2 aliphatic heterocycles. The Balaban J connectivity index is 1.15. The second-order valence-electron chi connectivity index (χ2n) is 9.60. The van der Waals surface area contributed by atoms with Crippen LogP contribution in [0, 0.1) is 0 Å². The predicted octanol–water partition coefficient (Wildman–Crippen LogP) is 4.49. The van der Waals surface area contributed by atoms with Gasteiger partial charge in [0.05, 0.1) is 0 Å². The summed E-state index contributed by atoms with van der Waals surface area (Å²) < 4.78 is 5.98. The van der Waals surface area contributed by atoms with E-state index < -0.39 is 6.10 Å². The van der Waals surface area contributed by atoms with E-state index in [2.05, 4.69) is 22.3 Å². The zero-order chi connectivity index (χ0) is 24.2. The van der Waals surface area contributed by atoms with Gasteiger partial charge in [-0.1, -0.05) is 42.5 Å². The number of anilines is 1. The van der Waals surface area contributed by atoms with Crippen molar-refractivity contribution < 1.29 is 19.7 Å². The average molecular weight is 473 g/mol. The molecule has 182 valence electrons. The molecule has 3 aromatic carbocycles. The van der Waals surface area contributed by atoms with Crippen molar-refractivity contribution >= 4 is 11.6 Å². The fourth-order valence-corrected chi connectivity index (χ4v) is 5.25. The first-order chi connectivity index (χ1) is 17.0. The van der Waals surface area contributed by atoms with Crippen molar-refractivity contribution in [3.05, 3.63) is 89.5 Å². The van der Waals surface area contributed by atoms with Crippen LogP contribution in [0.1, 0.15) is 47.8 Å². The van der Waals surface area contributed by atoms with Crippen molar-refractivity contribution in [1.82, 2.24) is 4.90 Å². The predicted molar refractivity (Wildman–Crippen MR) is 136 cm³/mol. The van der Waals surface area contributed by atoms with E-state index >= 15 is 0 Å². The van der Waals surface area contributed by atoms with Gasteiger partial charge in [-0.15, -0.1) is 0 Å². The van der Waals surface area contributed by atoms with Crippen molar-refractivity contribution in [2.45, 2.75) is 37.2 Å². The number of benzene rings is 3. The van der Waals surface area contributed by atoms with Gasteiger partial charge in [0.2, 0.25) is 5.91 Å². The maximum absolute atomic E-state index is 12.2. The summed E-state index contributed by atoms with van der Waals surface area (Å²) in [5.74, 6) is 1.50. The number of rotatable bonds is 7. The first kappa shape index (κ1) is 23.4. The van der Waals surface area contributed by atoms with Gasteiger partial charge < -0.3 is 25.2 Å². The molecule has 35 heavy (non-hydrogen) atoms. The highest BCUT2D eigenvalue weighted by molar-refractivity contribution is 5.95. The number of nitrogens with one attached hydrogen (secondary N) is 1. The summed E-state index contributed by atoms with van der Waals surface area (Å²) in [6.07, 6.45) is 1.90. The lowest BCUT2D eigenvalue weighted by Gasteiger charge is -2.33. The molecule has 0 bridgehead atoms. The number of nitrogens with zero attached hydrogens (tertiary/aromatic N) is 1. The van der Waals surface area contributed by atoms with E-state index in [1.165, 1.54) is 5.56 Å². The van der Waals surface area contributed by atoms with Gasteiger partial charge in [0.15, 0.2) is 0 Å². The number of hydrogen-bond donors (Lipinski definition) is 3. The Kier molecular flexibility index (Phi) is 7.02. The SMILES string of the molecule is O=C1CC(c2ccccc2)c2cc(OCC(O)CN3CCC(c4ccc(O)cc4)CC3)ccc2N1. The van der Waals surface area contributed by atoms with Crippen LogP contribution in [0.15, 0.2) is 72.8 Å². The molecule has 6 nitrogen and oxygen atoms in total. The van der Waals surface area contributed by atoms with E-state index in [1.54, 1.807) is 12.1 Å². The standard InChI is InChI=1S/C29H32N2O4/c32-23-8-6-20(7-9-23)21-12-14-31(15-13-21)18-24(33)19-35-25-10-11-28-27(16-25)26(17-29(34)30-28)22-4-2-1-3-5-22/h1-11,16,21,24,26,32-33H,12-15,17-19H2,(H,30,34). The molecule has 3 N–H and O–H groups in total. The number of aliphatic hydroxyl groups is 1. The number of carbonyl (C=O) groups excluding carboxylic acids is 1. The van der Waals surface area contributed by atoms with Crippen LogP contribution < -0.4 is 10.1 Å². The topological polar surface area (TPSA) is 82.0 Å². The number of amides is 1. The number of aromatic hydroxyl groups is 1. The fourth-order valence-electron chi connectivity index (χ4n) is 5.25. The van der Waals surface area contributed by atoms with E-state index in [9.17, 15) is 15.0 Å². The third-order valence-electron chi connectivity index (χ3n) is 7.13. The molecule has 1 saturated heterocycles. The lowest BCUT2D eigenvalue weighted by molar-refractivity contribution is -0.116. The highest BCUT2D eigenvalue weighted by atomic mass is 16.5. The van der Waals surface area contributed by atoms with Crippen molar-refractivity contribution in [1.29, 1.82) is 0 Å². The summed E-state index contributed by atoms with van der Waals surface area (Å²) in [5, 5.41) is 23.1. The zero-order valence-corrected chi connectivity index (χ0v) is 19.8. The molecule has 2 heterocycles. The number of phenolic OH excluding ortho intramolecular Hbond substituents is 1. The van der Waals surface area contributed by atoms with Crippen LogP contribution in [0.2, 0.25) is 0 Å². The van der Waals surface area contributed by atoms with Crippen LogP contribution >= 0.6 is 0 Å². The number of carbonyl (C=O) groups is 1. The molecular formula is C29H32N2O4. The average Bonchev–Trinajstić information content (AvgIpc) is 2.88. The number of aliphatic hydroxyl groups excluding tert-OH is 1. The minimum atomic E-state index is -0.583. The summed E-state index contributed by atoms with van der Waals surface area (Å²) >= 11 is 0. The van der Waals surface area contributed by atoms with Gasteiger partial charge in [0.25, 0.3) is 0 Å². The van der Waals surface area contributed by atoms with E-state index in [-0.39, 0.29) is 18.4 Å². The van der Waals surface area contributed by atoms with E-state index in [4.69, 9.17) is 4.74 Å². The molecular weight excluding hydrogens is 440 g/mol. The minimum absolute atomic E-state index is 0.0108. The largest absolute Gasteiger partial charge is 0.508 e. The second-order valence-corrected chi connectivity index (χ2v) is 9.60. The van der Waals surface area contributed by atoms with Gasteiger partial charge in [-0.3, -0.25) is 4.79 Å². The van der Waals surface area contributed by atoms with Crippen molar-refractivity contribution in [3.8, 4) is 11.5 Å². The number of hydrogen-bond acceptors (Lipinski definition) is 5. The van der Waals surface area contributed by atoms with Crippen molar-refractivity contribution in [2.75, 3.05) is 31.6 Å². The highest BCUT2D eigenvalue weighted by Gasteiger charge is 2.27. The molecule has 5 rings (SSSR count). The maximum atomic E-state index is 12.2. The number of ether oxygens (including phenoxy) is 1. The first-order valence-corrected chi connectivity index (χ1v) is 12.4. The van der Waals surface area contributed by atoms with Gasteiger partial charge in [-0.25, -0.2) is 0 Å². The Morgan fingerprint density at radius 2 is 1.71 bits per heavy atom. The number of likely N-dealkylation sites (tertiary alicyclic amines) is 1. The summed E-state index contributed by atoms with van der Waals surface area (Å²) in [4.78, 5) is 14.5. The normalized spacial score (nSPS) is 19.6. The van der Waals surface area contributed by atoms with Crippen LogP contribution in [0.3, 0.4) is 0 Å². The van der Waals surface area contributed by atoms with Crippen LogP contribution in [0.5, 0.6) is 11.5 Å². The summed E-state index contributed by atoms with van der Waals surface area (Å²) in [7, 11) is 0.